The lowest BCUT2D eigenvalue weighted by molar-refractivity contribution is -0.134. The predicted molar refractivity (Wildman–Crippen MR) is 90.9 cm³/mol. The van der Waals surface area contributed by atoms with E-state index in [2.05, 4.69) is 17.2 Å². The SMILES string of the molecule is COc1ccc([C@@H]2C[C@H]2C(=O)N2CCC[C@H](n3cccn3)C2)cc1. The van der Waals surface area contributed by atoms with Crippen molar-refractivity contribution in [2.75, 3.05) is 20.2 Å². The van der Waals surface area contributed by atoms with Crippen molar-refractivity contribution in [2.45, 2.75) is 31.2 Å². The summed E-state index contributed by atoms with van der Waals surface area (Å²) in [5, 5.41) is 4.34. The average molecular weight is 325 g/mol. The zero-order chi connectivity index (χ0) is 16.5. The molecule has 1 amide bonds. The van der Waals surface area contributed by atoms with Gasteiger partial charge >= 0.3 is 0 Å². The molecule has 4 rings (SSSR count). The van der Waals surface area contributed by atoms with E-state index in [1.807, 2.05) is 34.0 Å². The minimum atomic E-state index is 0.148. The molecule has 5 nitrogen and oxygen atoms in total. The summed E-state index contributed by atoms with van der Waals surface area (Å²) in [4.78, 5) is 14.9. The molecule has 2 fully saturated rings. The number of rotatable bonds is 4. The molecule has 0 bridgehead atoms. The smallest absolute Gasteiger partial charge is 0.226 e. The van der Waals surface area contributed by atoms with E-state index >= 15 is 0 Å². The Morgan fingerprint density at radius 2 is 2.12 bits per heavy atom. The first-order valence-corrected chi connectivity index (χ1v) is 8.68. The maximum absolute atomic E-state index is 12.9. The van der Waals surface area contributed by atoms with Crippen LogP contribution in [0.3, 0.4) is 0 Å². The van der Waals surface area contributed by atoms with Gasteiger partial charge in [0.05, 0.1) is 13.2 Å². The Morgan fingerprint density at radius 3 is 2.83 bits per heavy atom. The number of carbonyl (C=O) groups excluding carboxylic acids is 1. The van der Waals surface area contributed by atoms with Crippen molar-refractivity contribution in [1.29, 1.82) is 0 Å². The molecule has 0 radical (unpaired) electrons. The third-order valence-corrected chi connectivity index (χ3v) is 5.26. The van der Waals surface area contributed by atoms with Gasteiger partial charge in [0.2, 0.25) is 5.91 Å². The molecule has 1 aromatic heterocycles. The predicted octanol–water partition coefficient (Wildman–Crippen LogP) is 2.86. The van der Waals surface area contributed by atoms with Crippen LogP contribution in [-0.4, -0.2) is 40.8 Å². The minimum Gasteiger partial charge on any atom is -0.497 e. The van der Waals surface area contributed by atoms with Gasteiger partial charge in [-0.1, -0.05) is 12.1 Å². The number of amides is 1. The number of carbonyl (C=O) groups is 1. The molecule has 2 aromatic rings. The molecule has 3 atom stereocenters. The van der Waals surface area contributed by atoms with Gasteiger partial charge in [-0.2, -0.15) is 5.10 Å². The lowest BCUT2D eigenvalue weighted by Gasteiger charge is -2.33. The molecule has 0 unspecified atom stereocenters. The summed E-state index contributed by atoms with van der Waals surface area (Å²) in [5.41, 5.74) is 1.25. The van der Waals surface area contributed by atoms with Gasteiger partial charge in [-0.25, -0.2) is 0 Å². The average Bonchev–Trinajstić information content (AvgIpc) is 3.25. The Kier molecular flexibility index (Phi) is 4.00. The van der Waals surface area contributed by atoms with Crippen LogP contribution in [-0.2, 0) is 4.79 Å². The standard InChI is InChI=1S/C19H23N3O2/c1-24-16-7-5-14(6-8-16)17-12-18(17)19(23)21-10-2-4-15(13-21)22-11-3-9-20-22/h3,5-9,11,15,17-18H,2,4,10,12-13H2,1H3/t15-,17-,18+/m0/s1. The summed E-state index contributed by atoms with van der Waals surface area (Å²) in [6, 6.07) is 10.4. The van der Waals surface area contributed by atoms with Crippen LogP contribution in [0.5, 0.6) is 5.75 Å². The molecule has 0 N–H and O–H groups in total. The van der Waals surface area contributed by atoms with Crippen molar-refractivity contribution < 1.29 is 9.53 Å². The molecule has 2 aliphatic rings. The van der Waals surface area contributed by atoms with Crippen LogP contribution in [0.2, 0.25) is 0 Å². The largest absolute Gasteiger partial charge is 0.497 e. The molecule has 24 heavy (non-hydrogen) atoms. The highest BCUT2D eigenvalue weighted by Gasteiger charge is 2.46. The van der Waals surface area contributed by atoms with Gasteiger partial charge in [0.15, 0.2) is 0 Å². The van der Waals surface area contributed by atoms with Crippen molar-refractivity contribution in [2.24, 2.45) is 5.92 Å². The molecule has 126 valence electrons. The maximum Gasteiger partial charge on any atom is 0.226 e. The number of likely N-dealkylation sites (tertiary alicyclic amines) is 1. The van der Waals surface area contributed by atoms with E-state index in [0.717, 1.165) is 38.1 Å². The maximum atomic E-state index is 12.9. The van der Waals surface area contributed by atoms with E-state index in [1.165, 1.54) is 5.56 Å². The van der Waals surface area contributed by atoms with E-state index in [0.29, 0.717) is 17.9 Å². The summed E-state index contributed by atoms with van der Waals surface area (Å²) in [5.74, 6) is 1.69. The highest BCUT2D eigenvalue weighted by Crippen LogP contribution is 2.49. The van der Waals surface area contributed by atoms with Crippen molar-refractivity contribution >= 4 is 5.91 Å². The van der Waals surface area contributed by atoms with Gasteiger partial charge in [-0.15, -0.1) is 0 Å². The zero-order valence-corrected chi connectivity index (χ0v) is 14.0. The lowest BCUT2D eigenvalue weighted by atomic mass is 10.0. The van der Waals surface area contributed by atoms with Gasteiger partial charge in [0.25, 0.3) is 0 Å². The molecule has 5 heteroatoms. The molecular weight excluding hydrogens is 302 g/mol. The number of hydrogen-bond donors (Lipinski definition) is 0. The second-order valence-corrected chi connectivity index (χ2v) is 6.79. The van der Waals surface area contributed by atoms with Crippen LogP contribution in [0.4, 0.5) is 0 Å². The number of methoxy groups -OCH3 is 1. The van der Waals surface area contributed by atoms with E-state index in [9.17, 15) is 4.79 Å². The van der Waals surface area contributed by atoms with E-state index in [1.54, 1.807) is 13.3 Å². The molecule has 0 spiro atoms. The summed E-state index contributed by atoms with van der Waals surface area (Å²) in [6.07, 6.45) is 6.92. The highest BCUT2D eigenvalue weighted by molar-refractivity contribution is 5.83. The Bertz CT molecular complexity index is 696. The number of benzene rings is 1. The quantitative estimate of drug-likeness (QED) is 0.868. The summed E-state index contributed by atoms with van der Waals surface area (Å²) < 4.78 is 7.20. The molecule has 1 aromatic carbocycles. The Balaban J connectivity index is 1.39. The normalized spacial score (nSPS) is 26.2. The minimum absolute atomic E-state index is 0.148. The van der Waals surface area contributed by atoms with Crippen LogP contribution in [0.25, 0.3) is 0 Å². The second-order valence-electron chi connectivity index (χ2n) is 6.79. The first kappa shape index (κ1) is 15.2. The number of hydrogen-bond acceptors (Lipinski definition) is 3. The number of ether oxygens (including phenoxy) is 1. The fourth-order valence-electron chi connectivity index (χ4n) is 3.79. The number of aromatic nitrogens is 2. The number of piperidine rings is 1. The monoisotopic (exact) mass is 325 g/mol. The fraction of sp³-hybridized carbons (Fsp3) is 0.474. The van der Waals surface area contributed by atoms with Crippen molar-refractivity contribution in [3.63, 3.8) is 0 Å². The molecule has 1 aliphatic heterocycles. The van der Waals surface area contributed by atoms with Crippen molar-refractivity contribution in [1.82, 2.24) is 14.7 Å². The first-order valence-electron chi connectivity index (χ1n) is 8.68. The molecule has 1 aliphatic carbocycles. The van der Waals surface area contributed by atoms with Gasteiger partial charge < -0.3 is 9.64 Å². The number of nitrogens with zero attached hydrogens (tertiary/aromatic N) is 3. The van der Waals surface area contributed by atoms with Gasteiger partial charge in [-0.05, 0) is 48.9 Å². The Morgan fingerprint density at radius 1 is 1.29 bits per heavy atom. The van der Waals surface area contributed by atoms with Crippen LogP contribution < -0.4 is 4.74 Å². The third kappa shape index (κ3) is 2.90. The van der Waals surface area contributed by atoms with Gasteiger partial charge in [0.1, 0.15) is 5.75 Å². The van der Waals surface area contributed by atoms with Crippen LogP contribution in [0.1, 0.15) is 36.8 Å². The molecule has 2 heterocycles. The van der Waals surface area contributed by atoms with E-state index in [4.69, 9.17) is 4.74 Å². The summed E-state index contributed by atoms with van der Waals surface area (Å²) in [6.45, 7) is 1.66. The van der Waals surface area contributed by atoms with Crippen molar-refractivity contribution in [3.05, 3.63) is 48.3 Å². The van der Waals surface area contributed by atoms with E-state index in [-0.39, 0.29) is 5.92 Å². The van der Waals surface area contributed by atoms with Crippen LogP contribution >= 0.6 is 0 Å². The van der Waals surface area contributed by atoms with E-state index < -0.39 is 0 Å². The molecular formula is C19H23N3O2. The molecule has 1 saturated carbocycles. The second kappa shape index (κ2) is 6.30. The van der Waals surface area contributed by atoms with Gasteiger partial charge in [-0.3, -0.25) is 9.48 Å². The van der Waals surface area contributed by atoms with Crippen molar-refractivity contribution in [3.8, 4) is 5.75 Å². The first-order chi connectivity index (χ1) is 11.8. The fourth-order valence-corrected chi connectivity index (χ4v) is 3.79. The lowest BCUT2D eigenvalue weighted by Crippen LogP contribution is -2.41. The summed E-state index contributed by atoms with van der Waals surface area (Å²) >= 11 is 0. The summed E-state index contributed by atoms with van der Waals surface area (Å²) in [7, 11) is 1.67. The topological polar surface area (TPSA) is 47.4 Å². The Labute approximate surface area is 142 Å². The highest BCUT2D eigenvalue weighted by atomic mass is 16.5. The van der Waals surface area contributed by atoms with Crippen LogP contribution in [0.15, 0.2) is 42.7 Å². The van der Waals surface area contributed by atoms with Crippen LogP contribution in [0, 0.1) is 5.92 Å². The Hall–Kier alpha value is -2.30. The van der Waals surface area contributed by atoms with Gasteiger partial charge in [0, 0.05) is 31.4 Å². The zero-order valence-electron chi connectivity index (χ0n) is 14.0. The third-order valence-electron chi connectivity index (χ3n) is 5.26. The molecule has 1 saturated heterocycles.